The molecule has 0 radical (unpaired) electrons. The van der Waals surface area contributed by atoms with Crippen LogP contribution >= 0.6 is 11.6 Å². The number of carbonyl (C=O) groups is 1. The molecule has 110 valence electrons. The second-order valence-corrected chi connectivity index (χ2v) is 5.05. The number of methoxy groups -OCH3 is 1. The summed E-state index contributed by atoms with van der Waals surface area (Å²) in [6.07, 6.45) is 0. The predicted octanol–water partition coefficient (Wildman–Crippen LogP) is 3.98. The Hall–Kier alpha value is -2.20. The third kappa shape index (κ3) is 4.39. The molecular weight excluding hydrogens is 288 g/mol. The van der Waals surface area contributed by atoms with Gasteiger partial charge >= 0.3 is 6.03 Å². The molecule has 0 saturated heterocycles. The molecule has 0 unspecified atom stereocenters. The van der Waals surface area contributed by atoms with Crippen LogP contribution in [0.2, 0.25) is 5.02 Å². The summed E-state index contributed by atoms with van der Waals surface area (Å²) in [5.41, 5.74) is 2.62. The monoisotopic (exact) mass is 304 g/mol. The largest absolute Gasteiger partial charge is 0.497 e. The molecule has 0 bridgehead atoms. The number of carbonyl (C=O) groups excluding carboxylic acids is 1. The molecule has 0 aliphatic carbocycles. The second kappa shape index (κ2) is 6.99. The summed E-state index contributed by atoms with van der Waals surface area (Å²) in [4.78, 5) is 11.9. The molecule has 0 heterocycles. The lowest BCUT2D eigenvalue weighted by Crippen LogP contribution is -2.28. The van der Waals surface area contributed by atoms with Gasteiger partial charge in [-0.1, -0.05) is 23.7 Å². The molecule has 0 fully saturated rings. The lowest BCUT2D eigenvalue weighted by Gasteiger charge is -2.10. The highest BCUT2D eigenvalue weighted by atomic mass is 35.5. The predicted molar refractivity (Wildman–Crippen MR) is 85.0 cm³/mol. The Balaban J connectivity index is 1.92. The minimum atomic E-state index is -0.261. The number of hydrogen-bond acceptors (Lipinski definition) is 2. The Morgan fingerprint density at radius 3 is 2.76 bits per heavy atom. The molecule has 5 heteroatoms. The molecule has 21 heavy (non-hydrogen) atoms. The van der Waals surface area contributed by atoms with E-state index in [2.05, 4.69) is 10.6 Å². The van der Waals surface area contributed by atoms with Gasteiger partial charge in [0, 0.05) is 17.3 Å². The van der Waals surface area contributed by atoms with Crippen molar-refractivity contribution in [2.24, 2.45) is 0 Å². The van der Waals surface area contributed by atoms with E-state index < -0.39 is 0 Å². The third-order valence-electron chi connectivity index (χ3n) is 3.02. The quantitative estimate of drug-likeness (QED) is 0.897. The summed E-state index contributed by atoms with van der Waals surface area (Å²) in [6, 6.07) is 12.6. The van der Waals surface area contributed by atoms with Crippen LogP contribution in [0.3, 0.4) is 0 Å². The van der Waals surface area contributed by atoms with E-state index in [1.54, 1.807) is 25.3 Å². The average molecular weight is 305 g/mol. The molecule has 0 atom stereocenters. The highest BCUT2D eigenvalue weighted by Gasteiger charge is 2.05. The smallest absolute Gasteiger partial charge is 0.319 e. The van der Waals surface area contributed by atoms with Crippen LogP contribution in [0.4, 0.5) is 10.5 Å². The van der Waals surface area contributed by atoms with Gasteiger partial charge in [0.1, 0.15) is 5.75 Å². The maximum atomic E-state index is 11.9. The van der Waals surface area contributed by atoms with Gasteiger partial charge in [0.25, 0.3) is 0 Å². The van der Waals surface area contributed by atoms with Crippen molar-refractivity contribution < 1.29 is 9.53 Å². The lowest BCUT2D eigenvalue weighted by molar-refractivity contribution is 0.251. The molecule has 0 aromatic heterocycles. The van der Waals surface area contributed by atoms with E-state index in [0.717, 1.165) is 22.6 Å². The molecule has 2 amide bonds. The number of nitrogens with one attached hydrogen (secondary N) is 2. The van der Waals surface area contributed by atoms with Gasteiger partial charge in [0.2, 0.25) is 0 Å². The Morgan fingerprint density at radius 2 is 2.05 bits per heavy atom. The van der Waals surface area contributed by atoms with Crippen molar-refractivity contribution in [3.63, 3.8) is 0 Å². The van der Waals surface area contributed by atoms with Gasteiger partial charge in [-0.2, -0.15) is 0 Å². The van der Waals surface area contributed by atoms with Gasteiger partial charge in [0.15, 0.2) is 0 Å². The maximum absolute atomic E-state index is 11.9. The Kier molecular flexibility index (Phi) is 5.06. The van der Waals surface area contributed by atoms with Crippen molar-refractivity contribution in [1.29, 1.82) is 0 Å². The van der Waals surface area contributed by atoms with Crippen molar-refractivity contribution in [3.8, 4) is 5.75 Å². The van der Waals surface area contributed by atoms with Crippen molar-refractivity contribution >= 4 is 23.3 Å². The summed E-state index contributed by atoms with van der Waals surface area (Å²) in [7, 11) is 1.61. The molecule has 2 N–H and O–H groups in total. The van der Waals surface area contributed by atoms with Crippen LogP contribution in [0.15, 0.2) is 42.5 Å². The van der Waals surface area contributed by atoms with Crippen LogP contribution in [0.1, 0.15) is 11.1 Å². The minimum absolute atomic E-state index is 0.261. The molecule has 2 aromatic carbocycles. The van der Waals surface area contributed by atoms with Crippen molar-refractivity contribution in [2.45, 2.75) is 13.5 Å². The summed E-state index contributed by atoms with van der Waals surface area (Å²) in [5.74, 6) is 0.767. The zero-order chi connectivity index (χ0) is 15.2. The van der Waals surface area contributed by atoms with E-state index in [0.29, 0.717) is 11.6 Å². The van der Waals surface area contributed by atoms with Gasteiger partial charge in [0.05, 0.1) is 7.11 Å². The first-order valence-electron chi connectivity index (χ1n) is 6.52. The first kappa shape index (κ1) is 15.2. The van der Waals surface area contributed by atoms with Gasteiger partial charge in [-0.3, -0.25) is 0 Å². The van der Waals surface area contributed by atoms with Crippen LogP contribution in [0.25, 0.3) is 0 Å². The van der Waals surface area contributed by atoms with Crippen LogP contribution < -0.4 is 15.4 Å². The van der Waals surface area contributed by atoms with Crippen LogP contribution in [-0.2, 0) is 6.54 Å². The van der Waals surface area contributed by atoms with Crippen LogP contribution in [0.5, 0.6) is 5.75 Å². The number of rotatable bonds is 4. The standard InChI is InChI=1S/C16H17ClN2O2/c1-11-8-13(17)6-7-15(11)19-16(20)18-10-12-4-3-5-14(9-12)21-2/h3-9H,10H2,1-2H3,(H2,18,19,20). The lowest BCUT2D eigenvalue weighted by atomic mass is 10.2. The Bertz CT molecular complexity index is 644. The van der Waals surface area contributed by atoms with Gasteiger partial charge in [-0.05, 0) is 48.4 Å². The van der Waals surface area contributed by atoms with Gasteiger partial charge < -0.3 is 15.4 Å². The minimum Gasteiger partial charge on any atom is -0.497 e. The highest BCUT2D eigenvalue weighted by molar-refractivity contribution is 6.30. The fourth-order valence-electron chi connectivity index (χ4n) is 1.90. The first-order valence-corrected chi connectivity index (χ1v) is 6.90. The molecule has 4 nitrogen and oxygen atoms in total. The topological polar surface area (TPSA) is 50.4 Å². The molecule has 2 aromatic rings. The Labute approximate surface area is 129 Å². The van der Waals surface area contributed by atoms with Crippen molar-refractivity contribution in [3.05, 3.63) is 58.6 Å². The number of halogens is 1. The van der Waals surface area contributed by atoms with Gasteiger partial charge in [-0.25, -0.2) is 4.79 Å². The Morgan fingerprint density at radius 1 is 1.24 bits per heavy atom. The van der Waals surface area contributed by atoms with E-state index in [1.807, 2.05) is 31.2 Å². The van der Waals surface area contributed by atoms with E-state index in [9.17, 15) is 4.79 Å². The van der Waals surface area contributed by atoms with Crippen LogP contribution in [-0.4, -0.2) is 13.1 Å². The molecule has 0 saturated carbocycles. The normalized spacial score (nSPS) is 10.0. The number of urea groups is 1. The first-order chi connectivity index (χ1) is 10.1. The summed E-state index contributed by atoms with van der Waals surface area (Å²) < 4.78 is 5.14. The molecular formula is C16H17ClN2O2. The maximum Gasteiger partial charge on any atom is 0.319 e. The fourth-order valence-corrected chi connectivity index (χ4v) is 2.13. The molecule has 0 aliphatic rings. The molecule has 0 aliphatic heterocycles. The fraction of sp³-hybridized carbons (Fsp3) is 0.188. The number of amides is 2. The highest BCUT2D eigenvalue weighted by Crippen LogP contribution is 2.19. The molecule has 0 spiro atoms. The van der Waals surface area contributed by atoms with E-state index in [1.165, 1.54) is 0 Å². The number of aryl methyl sites for hydroxylation is 1. The number of ether oxygens (including phenoxy) is 1. The summed E-state index contributed by atoms with van der Waals surface area (Å²) in [6.45, 7) is 2.32. The van der Waals surface area contributed by atoms with E-state index >= 15 is 0 Å². The third-order valence-corrected chi connectivity index (χ3v) is 3.26. The van der Waals surface area contributed by atoms with E-state index in [4.69, 9.17) is 16.3 Å². The summed E-state index contributed by atoms with van der Waals surface area (Å²) in [5, 5.41) is 6.25. The average Bonchev–Trinajstić information content (AvgIpc) is 2.48. The van der Waals surface area contributed by atoms with Crippen LogP contribution in [0, 0.1) is 6.92 Å². The number of hydrogen-bond donors (Lipinski definition) is 2. The van der Waals surface area contributed by atoms with Crippen molar-refractivity contribution in [1.82, 2.24) is 5.32 Å². The SMILES string of the molecule is COc1cccc(CNC(=O)Nc2ccc(Cl)cc2C)c1. The second-order valence-electron chi connectivity index (χ2n) is 4.62. The molecule has 2 rings (SSSR count). The van der Waals surface area contributed by atoms with E-state index in [-0.39, 0.29) is 6.03 Å². The zero-order valence-corrected chi connectivity index (χ0v) is 12.7. The van der Waals surface area contributed by atoms with Crippen molar-refractivity contribution in [2.75, 3.05) is 12.4 Å². The van der Waals surface area contributed by atoms with Gasteiger partial charge in [-0.15, -0.1) is 0 Å². The zero-order valence-electron chi connectivity index (χ0n) is 11.9. The number of benzene rings is 2. The number of anilines is 1. The summed E-state index contributed by atoms with van der Waals surface area (Å²) >= 11 is 5.88.